The van der Waals surface area contributed by atoms with Gasteiger partial charge in [-0.25, -0.2) is 13.8 Å². The Balaban J connectivity index is 2.21. The van der Waals surface area contributed by atoms with Crippen LogP contribution in [-0.4, -0.2) is 19.6 Å². The molecule has 3 aromatic rings. The summed E-state index contributed by atoms with van der Waals surface area (Å²) in [7, 11) is 0. The van der Waals surface area contributed by atoms with Crippen molar-refractivity contribution in [2.45, 2.75) is 26.2 Å². The molecule has 0 fully saturated rings. The number of halogens is 2. The molecule has 3 rings (SSSR count). The monoisotopic (exact) mass is 294 g/mol. The van der Waals surface area contributed by atoms with Crippen molar-refractivity contribution in [3.63, 3.8) is 0 Å². The highest BCUT2D eigenvalue weighted by Crippen LogP contribution is 2.33. The molecule has 0 unspecified atom stereocenters. The van der Waals surface area contributed by atoms with Crippen LogP contribution in [0.25, 0.3) is 21.7 Å². The smallest absolute Gasteiger partial charge is 0.153 e. The van der Waals surface area contributed by atoms with Crippen LogP contribution in [0.1, 0.15) is 26.5 Å². The molecule has 1 N–H and O–H groups in total. The third-order valence-electron chi connectivity index (χ3n) is 2.92. The second kappa shape index (κ2) is 4.31. The number of nitrogens with zero attached hydrogens (tertiary/aromatic N) is 3. The Morgan fingerprint density at radius 2 is 1.95 bits per heavy atom. The van der Waals surface area contributed by atoms with Crippen LogP contribution in [-0.2, 0) is 5.41 Å². The van der Waals surface area contributed by atoms with Gasteiger partial charge in [0.2, 0.25) is 0 Å². The van der Waals surface area contributed by atoms with Gasteiger partial charge in [-0.2, -0.15) is 0 Å². The quantitative estimate of drug-likeness (QED) is 0.745. The molecular formula is C13H12F2N4S. The summed E-state index contributed by atoms with van der Waals surface area (Å²) < 4.78 is 30.8. The predicted octanol–water partition coefficient (Wildman–Crippen LogP) is 3.66. The molecule has 0 aliphatic rings. The summed E-state index contributed by atoms with van der Waals surface area (Å²) in [5.74, 6) is -0.856. The van der Waals surface area contributed by atoms with Gasteiger partial charge < -0.3 is 4.98 Å². The zero-order valence-electron chi connectivity index (χ0n) is 11.2. The predicted molar refractivity (Wildman–Crippen MR) is 73.6 cm³/mol. The standard InChI is InChI=1S/C13H12F2N4S/c1-13(2,3)11-10(20-19-18-11)12-16-8-5-6(14)4-7(15)9(8)17-12/h4-5H,1-3H3,(H,16,17). The van der Waals surface area contributed by atoms with E-state index in [1.807, 2.05) is 20.8 Å². The number of hydrogen-bond donors (Lipinski definition) is 1. The van der Waals surface area contributed by atoms with Gasteiger partial charge in [0.05, 0.1) is 11.2 Å². The Morgan fingerprint density at radius 1 is 1.20 bits per heavy atom. The molecule has 0 amide bonds. The number of benzene rings is 1. The van der Waals surface area contributed by atoms with Crippen LogP contribution in [0.15, 0.2) is 12.1 Å². The molecular weight excluding hydrogens is 282 g/mol. The van der Waals surface area contributed by atoms with Gasteiger partial charge in [-0.3, -0.25) is 0 Å². The third-order valence-corrected chi connectivity index (χ3v) is 3.65. The van der Waals surface area contributed by atoms with E-state index in [-0.39, 0.29) is 10.9 Å². The van der Waals surface area contributed by atoms with Gasteiger partial charge in [-0.05, 0) is 17.6 Å². The van der Waals surface area contributed by atoms with E-state index in [2.05, 4.69) is 19.6 Å². The Hall–Kier alpha value is -1.89. The minimum Gasteiger partial charge on any atom is -0.337 e. The van der Waals surface area contributed by atoms with E-state index < -0.39 is 11.6 Å². The van der Waals surface area contributed by atoms with Crippen molar-refractivity contribution in [2.75, 3.05) is 0 Å². The molecule has 0 radical (unpaired) electrons. The molecule has 7 heteroatoms. The molecule has 20 heavy (non-hydrogen) atoms. The van der Waals surface area contributed by atoms with Gasteiger partial charge >= 0.3 is 0 Å². The minimum absolute atomic E-state index is 0.120. The molecule has 0 aliphatic heterocycles. The lowest BCUT2D eigenvalue weighted by Crippen LogP contribution is -2.13. The first kappa shape index (κ1) is 13.1. The summed E-state index contributed by atoms with van der Waals surface area (Å²) in [5, 5.41) is 4.11. The number of aromatic amines is 1. The van der Waals surface area contributed by atoms with E-state index in [9.17, 15) is 8.78 Å². The number of aromatic nitrogens is 4. The van der Waals surface area contributed by atoms with E-state index in [1.165, 1.54) is 17.6 Å². The highest BCUT2D eigenvalue weighted by atomic mass is 32.1. The topological polar surface area (TPSA) is 54.5 Å². The molecule has 0 spiro atoms. The Kier molecular flexibility index (Phi) is 2.82. The Labute approximate surface area is 118 Å². The summed E-state index contributed by atoms with van der Waals surface area (Å²) in [6.45, 7) is 6.03. The van der Waals surface area contributed by atoms with E-state index in [4.69, 9.17) is 0 Å². The van der Waals surface area contributed by atoms with E-state index in [0.29, 0.717) is 11.3 Å². The summed E-state index contributed by atoms with van der Waals surface area (Å²) in [6, 6.07) is 2.04. The Bertz CT molecular complexity index is 785. The first-order valence-electron chi connectivity index (χ1n) is 6.04. The van der Waals surface area contributed by atoms with E-state index in [1.54, 1.807) is 0 Å². The Morgan fingerprint density at radius 3 is 2.65 bits per heavy atom. The first-order chi connectivity index (χ1) is 9.36. The van der Waals surface area contributed by atoms with Crippen molar-refractivity contribution in [3.05, 3.63) is 29.5 Å². The normalized spacial score (nSPS) is 12.2. The van der Waals surface area contributed by atoms with Gasteiger partial charge in [0.25, 0.3) is 0 Å². The number of rotatable bonds is 1. The zero-order chi connectivity index (χ0) is 14.5. The van der Waals surface area contributed by atoms with Crippen LogP contribution >= 0.6 is 11.5 Å². The zero-order valence-corrected chi connectivity index (χ0v) is 12.0. The number of imidazole rings is 1. The van der Waals surface area contributed by atoms with Gasteiger partial charge in [0.1, 0.15) is 16.2 Å². The van der Waals surface area contributed by atoms with Crippen molar-refractivity contribution in [3.8, 4) is 10.7 Å². The van der Waals surface area contributed by atoms with E-state index >= 15 is 0 Å². The van der Waals surface area contributed by atoms with Crippen molar-refractivity contribution < 1.29 is 8.78 Å². The van der Waals surface area contributed by atoms with E-state index in [0.717, 1.165) is 16.6 Å². The van der Waals surface area contributed by atoms with Crippen LogP contribution in [0.5, 0.6) is 0 Å². The maximum absolute atomic E-state index is 13.7. The van der Waals surface area contributed by atoms with Crippen molar-refractivity contribution in [1.82, 2.24) is 19.6 Å². The fourth-order valence-electron chi connectivity index (χ4n) is 1.99. The molecule has 104 valence electrons. The summed E-state index contributed by atoms with van der Waals surface area (Å²) >= 11 is 1.18. The summed E-state index contributed by atoms with van der Waals surface area (Å²) in [4.78, 5) is 7.88. The average molecular weight is 294 g/mol. The number of nitrogens with one attached hydrogen (secondary N) is 1. The number of hydrogen-bond acceptors (Lipinski definition) is 4. The maximum Gasteiger partial charge on any atom is 0.153 e. The summed E-state index contributed by atoms with van der Waals surface area (Å²) in [5.41, 5.74) is 1.02. The maximum atomic E-state index is 13.7. The average Bonchev–Trinajstić information content (AvgIpc) is 2.91. The van der Waals surface area contributed by atoms with Crippen LogP contribution in [0.3, 0.4) is 0 Å². The van der Waals surface area contributed by atoms with Gasteiger partial charge in [0, 0.05) is 11.5 Å². The van der Waals surface area contributed by atoms with Crippen LogP contribution in [0.2, 0.25) is 0 Å². The lowest BCUT2D eigenvalue weighted by Gasteiger charge is -2.15. The van der Waals surface area contributed by atoms with Gasteiger partial charge in [-0.1, -0.05) is 25.3 Å². The molecule has 0 atom stereocenters. The SMILES string of the molecule is CC(C)(C)c1nnsc1-c1nc2c(F)cc(F)cc2[nH]1. The fourth-order valence-corrected chi connectivity index (χ4v) is 2.81. The lowest BCUT2D eigenvalue weighted by molar-refractivity contribution is 0.568. The van der Waals surface area contributed by atoms with Crippen LogP contribution < -0.4 is 0 Å². The molecule has 2 aromatic heterocycles. The van der Waals surface area contributed by atoms with Crippen LogP contribution in [0.4, 0.5) is 8.78 Å². The van der Waals surface area contributed by atoms with Crippen molar-refractivity contribution in [1.29, 1.82) is 0 Å². The first-order valence-corrected chi connectivity index (χ1v) is 6.81. The number of fused-ring (bicyclic) bond motifs is 1. The molecule has 0 bridgehead atoms. The van der Waals surface area contributed by atoms with Crippen molar-refractivity contribution >= 4 is 22.6 Å². The highest BCUT2D eigenvalue weighted by Gasteiger charge is 2.25. The fraction of sp³-hybridized carbons (Fsp3) is 0.308. The summed E-state index contributed by atoms with van der Waals surface area (Å²) in [6.07, 6.45) is 0. The van der Waals surface area contributed by atoms with Gasteiger partial charge in [-0.15, -0.1) is 5.10 Å². The highest BCUT2D eigenvalue weighted by molar-refractivity contribution is 7.09. The lowest BCUT2D eigenvalue weighted by atomic mass is 9.91. The minimum atomic E-state index is -0.683. The largest absolute Gasteiger partial charge is 0.337 e. The van der Waals surface area contributed by atoms with Crippen LogP contribution in [0, 0.1) is 11.6 Å². The molecule has 4 nitrogen and oxygen atoms in total. The third kappa shape index (κ3) is 2.07. The molecule has 2 heterocycles. The molecule has 0 saturated carbocycles. The van der Waals surface area contributed by atoms with Gasteiger partial charge in [0.15, 0.2) is 11.6 Å². The second-order valence-electron chi connectivity index (χ2n) is 5.57. The van der Waals surface area contributed by atoms with Crippen molar-refractivity contribution in [2.24, 2.45) is 0 Å². The molecule has 0 saturated heterocycles. The number of H-pyrrole nitrogens is 1. The molecule has 0 aliphatic carbocycles. The molecule has 1 aromatic carbocycles. The second-order valence-corrected chi connectivity index (χ2v) is 6.32.